The van der Waals surface area contributed by atoms with E-state index >= 15 is 18.8 Å². The molecular weight excluding hydrogens is 1030 g/mol. The fraction of sp³-hybridized carbons (Fsp3) is 0.500. The van der Waals surface area contributed by atoms with Gasteiger partial charge in [-0.1, -0.05) is 44.9 Å². The molecule has 0 aliphatic carbocycles. The zero-order valence-electron chi connectivity index (χ0n) is 46.7. The number of hydrogen-bond donors (Lipinski definition) is 3. The van der Waals surface area contributed by atoms with Crippen molar-refractivity contribution in [1.82, 2.24) is 34.4 Å². The first-order chi connectivity index (χ1) is 38.7. The van der Waals surface area contributed by atoms with Crippen LogP contribution in [0.2, 0.25) is 0 Å². The van der Waals surface area contributed by atoms with Gasteiger partial charge >= 0.3 is 0 Å². The van der Waals surface area contributed by atoms with E-state index in [0.29, 0.717) is 86.7 Å². The number of fused-ring (bicyclic) bond motifs is 5. The molecule has 8 heterocycles. The van der Waals surface area contributed by atoms with Crippen molar-refractivity contribution in [2.75, 3.05) is 36.8 Å². The third-order valence-electron chi connectivity index (χ3n) is 18.0. The van der Waals surface area contributed by atoms with E-state index in [1.54, 1.807) is 15.8 Å². The van der Waals surface area contributed by atoms with Gasteiger partial charge in [-0.15, -0.1) is 0 Å². The predicted octanol–water partition coefficient (Wildman–Crippen LogP) is 8.57. The van der Waals surface area contributed by atoms with Gasteiger partial charge in [-0.25, -0.2) is 8.78 Å². The molecular formula is C62H69F2N11O6. The topological polar surface area (TPSA) is 221 Å². The Bertz CT molecular complexity index is 3490. The van der Waals surface area contributed by atoms with Crippen molar-refractivity contribution >= 4 is 57.7 Å². The van der Waals surface area contributed by atoms with Gasteiger partial charge in [-0.3, -0.25) is 33.4 Å². The molecule has 6 atom stereocenters. The number of hydrogen-bond acceptors (Lipinski definition) is 9. The van der Waals surface area contributed by atoms with E-state index in [9.17, 15) is 29.3 Å². The zero-order valence-corrected chi connectivity index (χ0v) is 46.7. The number of carbonyl (C=O) groups excluding carboxylic acids is 6. The van der Waals surface area contributed by atoms with E-state index in [-0.39, 0.29) is 91.6 Å². The monoisotopic (exact) mass is 1100 g/mol. The average Bonchev–Trinajstić information content (AvgIpc) is 2.55. The predicted molar refractivity (Wildman–Crippen MR) is 298 cm³/mol. The number of aryl methyl sites for hydroxylation is 3. The number of anilines is 2. The summed E-state index contributed by atoms with van der Waals surface area (Å²) in [6.45, 7) is 10.2. The van der Waals surface area contributed by atoms with Crippen molar-refractivity contribution in [2.24, 2.45) is 5.92 Å². The average molecular weight is 1100 g/mol. The first-order valence-electron chi connectivity index (χ1n) is 28.7. The number of halogens is 2. The molecule has 2 fully saturated rings. The van der Waals surface area contributed by atoms with E-state index in [1.165, 1.54) is 27.0 Å². The van der Waals surface area contributed by atoms with Crippen molar-refractivity contribution in [1.29, 1.82) is 10.5 Å². The molecule has 0 unspecified atom stereocenters. The Morgan fingerprint density at radius 3 is 2.04 bits per heavy atom. The van der Waals surface area contributed by atoms with Crippen molar-refractivity contribution < 1.29 is 37.5 Å². The summed E-state index contributed by atoms with van der Waals surface area (Å²) in [4.78, 5) is 98.2. The molecule has 2 aromatic heterocycles. The molecule has 5 aromatic rings. The Kier molecular flexibility index (Phi) is 14.4. The molecule has 6 aliphatic heterocycles. The first-order valence-corrected chi connectivity index (χ1v) is 28.7. The van der Waals surface area contributed by atoms with Crippen molar-refractivity contribution in [3.63, 3.8) is 0 Å². The van der Waals surface area contributed by atoms with Crippen LogP contribution in [0.3, 0.4) is 0 Å². The van der Waals surface area contributed by atoms with E-state index in [1.807, 2.05) is 65.0 Å². The van der Waals surface area contributed by atoms with E-state index in [2.05, 4.69) is 32.9 Å². The lowest BCUT2D eigenvalue weighted by molar-refractivity contribution is -0.137. The summed E-state index contributed by atoms with van der Waals surface area (Å²) in [5.41, 5.74) is 3.09. The SMILES string of the molecule is CC(C)C[C@H]1C(=O)N2C[C@]3(C[C@H]2C#N)C(=O)Nc2cc(CCC[C@H]4C(=O)N5C[C@]6(C[C@H]5C#N)C(=O)Nc5ccc(cc56)CCCCCN4C(=O)c4cc5c(F)cc(F)cc5[nH]4)c(cc23)CCCCCN1C(=O)c1cnn(C(C)(C)C)c1. The highest BCUT2D eigenvalue weighted by Gasteiger charge is 2.59. The van der Waals surface area contributed by atoms with Gasteiger partial charge in [0.05, 0.1) is 45.8 Å². The van der Waals surface area contributed by atoms with Crippen LogP contribution in [0.4, 0.5) is 20.2 Å². The van der Waals surface area contributed by atoms with Crippen LogP contribution in [-0.2, 0) is 54.8 Å². The molecule has 17 nitrogen and oxygen atoms in total. The highest BCUT2D eigenvalue weighted by Crippen LogP contribution is 2.50. The molecule has 422 valence electrons. The van der Waals surface area contributed by atoms with Gasteiger partial charge in [0.2, 0.25) is 23.6 Å². The molecule has 19 heteroatoms. The zero-order chi connectivity index (χ0) is 57.3. The van der Waals surface area contributed by atoms with E-state index in [0.717, 1.165) is 40.8 Å². The molecule has 6 aliphatic rings. The molecule has 81 heavy (non-hydrogen) atoms. The molecule has 3 N–H and O–H groups in total. The number of nitrogens with zero attached hydrogens (tertiary/aromatic N) is 8. The molecule has 2 spiro atoms. The lowest BCUT2D eigenvalue weighted by Gasteiger charge is -2.35. The number of H-pyrrole nitrogens is 1. The lowest BCUT2D eigenvalue weighted by Crippen LogP contribution is -2.53. The number of amides is 6. The Labute approximate surface area is 470 Å². The summed E-state index contributed by atoms with van der Waals surface area (Å²) in [5.74, 6) is -4.08. The summed E-state index contributed by atoms with van der Waals surface area (Å²) in [6, 6.07) is 13.7. The second-order valence-corrected chi connectivity index (χ2v) is 24.8. The normalized spacial score (nSPS) is 25.0. The standard InChI is InChI=1S/C62H69F2N11O6/c1-36(2)21-53-57(79)74-35-62(29-43(74)31-66)46-23-38(14-9-7-11-20-72(53)54(76)40-32-67-75(33-40)60(3,4)5)39(24-50(46)70-59(62)81)15-12-16-52-56(78)73-34-61(28-42(73)30-65)45-22-37(17-18-48(45)69-58(61)80)13-8-6-10-19-71(52)55(77)51-27-44-47(64)25-41(63)26-49(44)68-51/h17-18,22-27,32-33,36,42-43,52-53,68H,6-16,19-21,28-29,34-35H2,1-5H3,(H,69,80)(H,70,81)/t42-,43-,52-,53-,61-,62-/m0/s1. The maximum Gasteiger partial charge on any atom is 0.270 e. The summed E-state index contributed by atoms with van der Waals surface area (Å²) >= 11 is 0. The minimum Gasteiger partial charge on any atom is -0.350 e. The molecule has 0 saturated carbocycles. The van der Waals surface area contributed by atoms with Crippen LogP contribution >= 0.6 is 0 Å². The van der Waals surface area contributed by atoms with Crippen molar-refractivity contribution in [3.8, 4) is 12.1 Å². The van der Waals surface area contributed by atoms with Gasteiger partial charge < -0.3 is 35.2 Å². The van der Waals surface area contributed by atoms with Gasteiger partial charge in [0.25, 0.3) is 11.8 Å². The highest BCUT2D eigenvalue weighted by molar-refractivity contribution is 6.09. The second-order valence-electron chi connectivity index (χ2n) is 24.8. The highest BCUT2D eigenvalue weighted by atomic mass is 19.1. The Morgan fingerprint density at radius 2 is 1.40 bits per heavy atom. The third kappa shape index (κ3) is 9.79. The Morgan fingerprint density at radius 1 is 0.765 bits per heavy atom. The molecule has 11 rings (SSSR count). The number of carbonyl (C=O) groups is 6. The number of nitrogens with one attached hydrogen (secondary N) is 3. The van der Waals surface area contributed by atoms with Gasteiger partial charge in [0.15, 0.2) is 0 Å². The maximum atomic E-state index is 15.6. The maximum absolute atomic E-state index is 15.6. The number of rotatable bonds is 8. The van der Waals surface area contributed by atoms with Gasteiger partial charge in [-0.2, -0.15) is 15.6 Å². The van der Waals surface area contributed by atoms with Crippen LogP contribution in [0.15, 0.2) is 60.9 Å². The second kappa shape index (κ2) is 21.2. The minimum atomic E-state index is -1.24. The summed E-state index contributed by atoms with van der Waals surface area (Å²) in [5, 5.41) is 32.1. The van der Waals surface area contributed by atoms with Gasteiger partial charge in [0, 0.05) is 68.0 Å². The van der Waals surface area contributed by atoms with Crippen molar-refractivity contribution in [2.45, 2.75) is 165 Å². The number of aromatic nitrogens is 3. The van der Waals surface area contributed by atoms with Crippen LogP contribution in [0, 0.1) is 40.2 Å². The smallest absolute Gasteiger partial charge is 0.270 e. The lowest BCUT2D eigenvalue weighted by atomic mass is 9.78. The number of nitriles is 2. The first kappa shape index (κ1) is 55.0. The number of aromatic amines is 1. The Balaban J connectivity index is 0.933. The van der Waals surface area contributed by atoms with E-state index < -0.39 is 64.0 Å². The molecule has 2 saturated heterocycles. The molecule has 3 aromatic carbocycles. The molecule has 0 radical (unpaired) electrons. The fourth-order valence-electron chi connectivity index (χ4n) is 13.7. The van der Waals surface area contributed by atoms with Crippen LogP contribution in [-0.4, -0.2) is 120 Å². The summed E-state index contributed by atoms with van der Waals surface area (Å²) in [6.07, 6.45) is 9.79. The Hall–Kier alpha value is -7.93. The van der Waals surface area contributed by atoms with Crippen LogP contribution < -0.4 is 10.6 Å². The van der Waals surface area contributed by atoms with Crippen LogP contribution in [0.25, 0.3) is 10.9 Å². The summed E-state index contributed by atoms with van der Waals surface area (Å²) in [7, 11) is 0. The summed E-state index contributed by atoms with van der Waals surface area (Å²) < 4.78 is 31.5. The molecule has 8 bridgehead atoms. The van der Waals surface area contributed by atoms with Crippen LogP contribution in [0.5, 0.6) is 0 Å². The van der Waals surface area contributed by atoms with Gasteiger partial charge in [0.1, 0.15) is 41.5 Å². The van der Waals surface area contributed by atoms with Crippen LogP contribution in [0.1, 0.15) is 154 Å². The quantitative estimate of drug-likeness (QED) is 0.135. The van der Waals surface area contributed by atoms with Crippen molar-refractivity contribution in [3.05, 3.63) is 112 Å². The molecule has 6 amide bonds. The minimum absolute atomic E-state index is 0.0109. The fourth-order valence-corrected chi connectivity index (χ4v) is 13.7. The number of benzene rings is 3. The largest absolute Gasteiger partial charge is 0.350 e. The third-order valence-corrected chi connectivity index (χ3v) is 18.0. The van der Waals surface area contributed by atoms with E-state index in [4.69, 9.17) is 0 Å². The van der Waals surface area contributed by atoms with Gasteiger partial charge in [-0.05, 0) is 143 Å².